The lowest BCUT2D eigenvalue weighted by Gasteiger charge is -2.22. The zero-order valence-electron chi connectivity index (χ0n) is 7.87. The van der Waals surface area contributed by atoms with E-state index in [0.717, 1.165) is 17.0 Å². The molecule has 0 saturated heterocycles. The van der Waals surface area contributed by atoms with Crippen molar-refractivity contribution in [1.82, 2.24) is 5.32 Å². The molecular formula is C11H13NO. The summed E-state index contributed by atoms with van der Waals surface area (Å²) in [6.07, 6.45) is 2.24. The summed E-state index contributed by atoms with van der Waals surface area (Å²) in [4.78, 5) is 0. The minimum atomic E-state index is 0.150. The van der Waals surface area contributed by atoms with Crippen LogP contribution in [0.2, 0.25) is 0 Å². The van der Waals surface area contributed by atoms with Crippen molar-refractivity contribution in [3.63, 3.8) is 0 Å². The fourth-order valence-electron chi connectivity index (χ4n) is 1.57. The largest absolute Gasteiger partial charge is 0.486 e. The Hall–Kier alpha value is -1.44. The van der Waals surface area contributed by atoms with Gasteiger partial charge in [0.25, 0.3) is 0 Å². The smallest absolute Gasteiger partial charge is 0.129 e. The summed E-state index contributed by atoms with van der Waals surface area (Å²) in [6.45, 7) is 2.04. The molecule has 0 saturated carbocycles. The van der Waals surface area contributed by atoms with Gasteiger partial charge in [0, 0.05) is 18.3 Å². The van der Waals surface area contributed by atoms with Gasteiger partial charge in [-0.05, 0) is 25.1 Å². The standard InChI is InChI=1S/C11H13NO/c1-8-7-10(12-2)9-5-3-4-6-11(9)13-8/h3-8,12H,1-2H3. The van der Waals surface area contributed by atoms with Crippen LogP contribution in [0, 0.1) is 0 Å². The second-order valence-corrected chi connectivity index (χ2v) is 3.15. The van der Waals surface area contributed by atoms with Gasteiger partial charge in [-0.1, -0.05) is 12.1 Å². The Morgan fingerprint density at radius 3 is 2.85 bits per heavy atom. The highest BCUT2D eigenvalue weighted by molar-refractivity contribution is 5.70. The third-order valence-electron chi connectivity index (χ3n) is 2.16. The quantitative estimate of drug-likeness (QED) is 0.705. The van der Waals surface area contributed by atoms with Crippen molar-refractivity contribution in [3.8, 4) is 5.75 Å². The van der Waals surface area contributed by atoms with Gasteiger partial charge in [0.2, 0.25) is 0 Å². The Labute approximate surface area is 78.2 Å². The molecule has 0 radical (unpaired) electrons. The molecule has 1 N–H and O–H groups in total. The number of hydrogen-bond acceptors (Lipinski definition) is 2. The molecule has 0 bridgehead atoms. The third-order valence-corrected chi connectivity index (χ3v) is 2.16. The van der Waals surface area contributed by atoms with Gasteiger partial charge in [-0.3, -0.25) is 0 Å². The highest BCUT2D eigenvalue weighted by atomic mass is 16.5. The van der Waals surface area contributed by atoms with Crippen molar-refractivity contribution < 1.29 is 4.74 Å². The van der Waals surface area contributed by atoms with E-state index in [1.807, 2.05) is 32.2 Å². The number of nitrogens with one attached hydrogen (secondary N) is 1. The molecule has 1 aromatic rings. The van der Waals surface area contributed by atoms with Crippen LogP contribution in [0.3, 0.4) is 0 Å². The summed E-state index contributed by atoms with van der Waals surface area (Å²) in [5.74, 6) is 0.960. The number of fused-ring (bicyclic) bond motifs is 1. The lowest BCUT2D eigenvalue weighted by molar-refractivity contribution is 0.264. The number of para-hydroxylation sites is 1. The van der Waals surface area contributed by atoms with Gasteiger partial charge in [-0.25, -0.2) is 0 Å². The summed E-state index contributed by atoms with van der Waals surface area (Å²) in [6, 6.07) is 8.06. The average Bonchev–Trinajstić information content (AvgIpc) is 2.16. The highest BCUT2D eigenvalue weighted by Crippen LogP contribution is 2.29. The van der Waals surface area contributed by atoms with Gasteiger partial charge in [-0.2, -0.15) is 0 Å². The first-order chi connectivity index (χ1) is 6.31. The SMILES string of the molecule is CNC1=CC(C)Oc2ccccc21. The Bertz CT molecular complexity index is 344. The van der Waals surface area contributed by atoms with E-state index in [-0.39, 0.29) is 6.10 Å². The second-order valence-electron chi connectivity index (χ2n) is 3.15. The fraction of sp³-hybridized carbons (Fsp3) is 0.273. The second kappa shape index (κ2) is 3.13. The monoisotopic (exact) mass is 175 g/mol. The van der Waals surface area contributed by atoms with E-state index in [1.165, 1.54) is 0 Å². The summed E-state index contributed by atoms with van der Waals surface area (Å²) >= 11 is 0. The predicted octanol–water partition coefficient (Wildman–Crippen LogP) is 2.03. The molecule has 0 aliphatic carbocycles. The Morgan fingerprint density at radius 2 is 2.08 bits per heavy atom. The molecule has 2 rings (SSSR count). The summed E-state index contributed by atoms with van der Waals surface area (Å²) in [5.41, 5.74) is 2.29. The molecule has 1 heterocycles. The average molecular weight is 175 g/mol. The van der Waals surface area contributed by atoms with Gasteiger partial charge in [0.15, 0.2) is 0 Å². The van der Waals surface area contributed by atoms with Gasteiger partial charge >= 0.3 is 0 Å². The molecule has 1 unspecified atom stereocenters. The van der Waals surface area contributed by atoms with Crippen molar-refractivity contribution in [1.29, 1.82) is 0 Å². The molecule has 68 valence electrons. The molecule has 2 heteroatoms. The Morgan fingerprint density at radius 1 is 1.31 bits per heavy atom. The topological polar surface area (TPSA) is 21.3 Å². The fourth-order valence-corrected chi connectivity index (χ4v) is 1.57. The molecule has 1 aliphatic rings. The summed E-state index contributed by atoms with van der Waals surface area (Å²) < 4.78 is 5.65. The van der Waals surface area contributed by atoms with Crippen molar-refractivity contribution in [2.75, 3.05) is 7.05 Å². The maximum Gasteiger partial charge on any atom is 0.129 e. The van der Waals surface area contributed by atoms with Crippen LogP contribution in [0.25, 0.3) is 5.70 Å². The molecule has 0 fully saturated rings. The number of ether oxygens (including phenoxy) is 1. The van der Waals surface area contributed by atoms with Gasteiger partial charge in [0.1, 0.15) is 11.9 Å². The molecule has 0 spiro atoms. The van der Waals surface area contributed by atoms with E-state index in [4.69, 9.17) is 4.74 Å². The molecule has 1 atom stereocenters. The lowest BCUT2D eigenvalue weighted by Crippen LogP contribution is -2.19. The number of rotatable bonds is 1. The molecule has 1 aromatic carbocycles. The number of benzene rings is 1. The zero-order chi connectivity index (χ0) is 9.26. The van der Waals surface area contributed by atoms with Crippen LogP contribution in [0.1, 0.15) is 12.5 Å². The van der Waals surface area contributed by atoms with Crippen LogP contribution >= 0.6 is 0 Å². The molecule has 0 amide bonds. The van der Waals surface area contributed by atoms with Crippen LogP contribution < -0.4 is 10.1 Å². The van der Waals surface area contributed by atoms with Crippen LogP contribution in [0.5, 0.6) is 5.75 Å². The van der Waals surface area contributed by atoms with Gasteiger partial charge < -0.3 is 10.1 Å². The summed E-state index contributed by atoms with van der Waals surface area (Å²) in [5, 5.41) is 3.17. The summed E-state index contributed by atoms with van der Waals surface area (Å²) in [7, 11) is 1.93. The van der Waals surface area contributed by atoms with E-state index >= 15 is 0 Å². The first-order valence-corrected chi connectivity index (χ1v) is 4.47. The lowest BCUT2D eigenvalue weighted by atomic mass is 10.1. The minimum absolute atomic E-state index is 0.150. The van der Waals surface area contributed by atoms with Gasteiger partial charge in [0.05, 0.1) is 0 Å². The van der Waals surface area contributed by atoms with Gasteiger partial charge in [-0.15, -0.1) is 0 Å². The molecule has 2 nitrogen and oxygen atoms in total. The van der Waals surface area contributed by atoms with Crippen molar-refractivity contribution in [2.24, 2.45) is 0 Å². The Kier molecular flexibility index (Phi) is 1.97. The number of hydrogen-bond donors (Lipinski definition) is 1. The maximum atomic E-state index is 5.65. The molecule has 13 heavy (non-hydrogen) atoms. The van der Waals surface area contributed by atoms with Crippen LogP contribution in [-0.2, 0) is 0 Å². The highest BCUT2D eigenvalue weighted by Gasteiger charge is 2.15. The normalized spacial score (nSPS) is 19.8. The van der Waals surface area contributed by atoms with E-state index in [0.29, 0.717) is 0 Å². The van der Waals surface area contributed by atoms with Crippen LogP contribution in [-0.4, -0.2) is 13.2 Å². The van der Waals surface area contributed by atoms with E-state index in [1.54, 1.807) is 0 Å². The minimum Gasteiger partial charge on any atom is -0.486 e. The van der Waals surface area contributed by atoms with E-state index in [9.17, 15) is 0 Å². The van der Waals surface area contributed by atoms with Crippen molar-refractivity contribution in [2.45, 2.75) is 13.0 Å². The van der Waals surface area contributed by atoms with Crippen LogP contribution in [0.15, 0.2) is 30.3 Å². The van der Waals surface area contributed by atoms with Crippen LogP contribution in [0.4, 0.5) is 0 Å². The Balaban J connectivity index is 2.49. The molecule has 0 aromatic heterocycles. The van der Waals surface area contributed by atoms with E-state index in [2.05, 4.69) is 17.5 Å². The van der Waals surface area contributed by atoms with Crippen molar-refractivity contribution in [3.05, 3.63) is 35.9 Å². The zero-order valence-corrected chi connectivity index (χ0v) is 7.87. The van der Waals surface area contributed by atoms with E-state index < -0.39 is 0 Å². The predicted molar refractivity (Wildman–Crippen MR) is 53.6 cm³/mol. The molecular weight excluding hydrogens is 162 g/mol. The maximum absolute atomic E-state index is 5.65. The first-order valence-electron chi connectivity index (χ1n) is 4.47. The molecule has 1 aliphatic heterocycles. The van der Waals surface area contributed by atoms with Crippen molar-refractivity contribution >= 4 is 5.70 Å². The third kappa shape index (κ3) is 1.39. The first kappa shape index (κ1) is 8.17.